The second kappa shape index (κ2) is 20.1. The molecule has 0 spiro atoms. The van der Waals surface area contributed by atoms with Crippen molar-refractivity contribution in [2.45, 2.75) is 78.3 Å². The molecular formula is C32H60N8. The molecule has 2 unspecified atom stereocenters. The number of benzene rings is 1. The third kappa shape index (κ3) is 15.8. The standard InChI is InChI=1S/C32H60N8/c1-25(2)21-37-12-6-10-35-14-8-31(33)19-27-16-28(18-29(17-27)30-23-39-40(5)24-30)20-32(34)9-15-36-11-7-13-38-22-26(3)4/h16-18,23-26,31-32,35-38H,6-15,19-22,33-34H2,1-5H3. The zero-order valence-corrected chi connectivity index (χ0v) is 26.1. The number of aromatic nitrogens is 2. The van der Waals surface area contributed by atoms with Crippen molar-refractivity contribution in [2.75, 3.05) is 52.4 Å². The van der Waals surface area contributed by atoms with Crippen molar-refractivity contribution >= 4 is 0 Å². The Bertz CT molecular complexity index is 860. The van der Waals surface area contributed by atoms with Crippen LogP contribution in [0.25, 0.3) is 11.1 Å². The van der Waals surface area contributed by atoms with Gasteiger partial charge in [0.25, 0.3) is 0 Å². The van der Waals surface area contributed by atoms with Crippen LogP contribution in [0.5, 0.6) is 0 Å². The summed E-state index contributed by atoms with van der Waals surface area (Å²) in [7, 11) is 1.96. The number of nitrogens with one attached hydrogen (secondary N) is 4. The fourth-order valence-electron chi connectivity index (χ4n) is 4.83. The van der Waals surface area contributed by atoms with Crippen LogP contribution in [0, 0.1) is 11.8 Å². The van der Waals surface area contributed by atoms with Crippen molar-refractivity contribution in [2.24, 2.45) is 30.4 Å². The molecule has 8 nitrogen and oxygen atoms in total. The van der Waals surface area contributed by atoms with Gasteiger partial charge in [0.2, 0.25) is 0 Å². The molecule has 8 heteroatoms. The van der Waals surface area contributed by atoms with E-state index in [0.717, 1.165) is 96.4 Å². The van der Waals surface area contributed by atoms with E-state index in [-0.39, 0.29) is 12.1 Å². The molecule has 2 aromatic rings. The summed E-state index contributed by atoms with van der Waals surface area (Å²) in [6.45, 7) is 17.2. The predicted molar refractivity (Wildman–Crippen MR) is 172 cm³/mol. The largest absolute Gasteiger partial charge is 0.327 e. The SMILES string of the molecule is CC(C)CNCCCNCCC(N)Cc1cc(CC(N)CCNCCCNCC(C)C)cc(-c2cnn(C)c2)c1. The first-order valence-corrected chi connectivity index (χ1v) is 15.7. The molecule has 40 heavy (non-hydrogen) atoms. The van der Waals surface area contributed by atoms with Crippen molar-refractivity contribution in [1.82, 2.24) is 31.0 Å². The zero-order chi connectivity index (χ0) is 29.2. The molecule has 0 aliphatic carbocycles. The van der Waals surface area contributed by atoms with E-state index in [1.165, 1.54) is 16.7 Å². The third-order valence-electron chi connectivity index (χ3n) is 6.99. The summed E-state index contributed by atoms with van der Waals surface area (Å²) in [5.41, 5.74) is 18.0. The maximum Gasteiger partial charge on any atom is 0.0568 e. The van der Waals surface area contributed by atoms with Gasteiger partial charge in [0, 0.05) is 30.9 Å². The molecule has 0 saturated carbocycles. The molecule has 1 heterocycles. The normalized spacial score (nSPS) is 13.4. The minimum Gasteiger partial charge on any atom is -0.327 e. The van der Waals surface area contributed by atoms with Gasteiger partial charge >= 0.3 is 0 Å². The Morgan fingerprint density at radius 2 is 1.15 bits per heavy atom. The molecule has 228 valence electrons. The lowest BCUT2D eigenvalue weighted by Crippen LogP contribution is -2.31. The maximum absolute atomic E-state index is 6.58. The topological polar surface area (TPSA) is 118 Å². The lowest BCUT2D eigenvalue weighted by atomic mass is 9.94. The van der Waals surface area contributed by atoms with E-state index < -0.39 is 0 Å². The molecule has 0 aliphatic heterocycles. The van der Waals surface area contributed by atoms with Crippen molar-refractivity contribution in [1.29, 1.82) is 0 Å². The monoisotopic (exact) mass is 556 g/mol. The van der Waals surface area contributed by atoms with Crippen LogP contribution in [0.2, 0.25) is 0 Å². The quantitative estimate of drug-likeness (QED) is 0.117. The minimum absolute atomic E-state index is 0.122. The fraction of sp³-hybridized carbons (Fsp3) is 0.719. The van der Waals surface area contributed by atoms with Gasteiger partial charge in [-0.2, -0.15) is 5.10 Å². The lowest BCUT2D eigenvalue weighted by Gasteiger charge is -2.17. The molecule has 0 aliphatic rings. The Kier molecular flexibility index (Phi) is 17.3. The van der Waals surface area contributed by atoms with Crippen LogP contribution in [-0.2, 0) is 19.9 Å². The van der Waals surface area contributed by atoms with E-state index in [0.29, 0.717) is 11.8 Å². The van der Waals surface area contributed by atoms with Gasteiger partial charge in [0.15, 0.2) is 0 Å². The molecule has 0 bridgehead atoms. The van der Waals surface area contributed by atoms with Crippen molar-refractivity contribution in [3.05, 3.63) is 41.7 Å². The number of hydrogen-bond acceptors (Lipinski definition) is 7. The summed E-state index contributed by atoms with van der Waals surface area (Å²) in [6, 6.07) is 7.10. The predicted octanol–water partition coefficient (Wildman–Crippen LogP) is 3.06. The van der Waals surface area contributed by atoms with Crippen LogP contribution in [0.1, 0.15) is 64.5 Å². The second-order valence-electron chi connectivity index (χ2n) is 12.3. The fourth-order valence-corrected chi connectivity index (χ4v) is 4.83. The van der Waals surface area contributed by atoms with Crippen LogP contribution in [0.4, 0.5) is 0 Å². The number of aryl methyl sites for hydroxylation is 1. The van der Waals surface area contributed by atoms with Crippen molar-refractivity contribution in [3.63, 3.8) is 0 Å². The Morgan fingerprint density at radius 1 is 0.675 bits per heavy atom. The molecular weight excluding hydrogens is 496 g/mol. The van der Waals surface area contributed by atoms with Crippen LogP contribution in [0.3, 0.4) is 0 Å². The molecule has 2 rings (SSSR count). The Morgan fingerprint density at radius 3 is 1.57 bits per heavy atom. The van der Waals surface area contributed by atoms with Gasteiger partial charge in [-0.1, -0.05) is 45.9 Å². The highest BCUT2D eigenvalue weighted by molar-refractivity contribution is 5.64. The first kappa shape index (κ1) is 34.4. The van der Waals surface area contributed by atoms with Gasteiger partial charge in [-0.3, -0.25) is 4.68 Å². The number of rotatable bonds is 23. The Hall–Kier alpha value is -1.81. The van der Waals surface area contributed by atoms with E-state index in [2.05, 4.69) is 78.5 Å². The number of nitrogens with two attached hydrogens (primary N) is 2. The first-order valence-electron chi connectivity index (χ1n) is 15.7. The molecule has 0 saturated heterocycles. The van der Waals surface area contributed by atoms with Gasteiger partial charge in [0.05, 0.1) is 6.20 Å². The van der Waals surface area contributed by atoms with Crippen molar-refractivity contribution < 1.29 is 0 Å². The summed E-state index contributed by atoms with van der Waals surface area (Å²) in [5, 5.41) is 18.5. The van der Waals surface area contributed by atoms with E-state index in [1.807, 2.05) is 17.9 Å². The van der Waals surface area contributed by atoms with Gasteiger partial charge in [-0.25, -0.2) is 0 Å². The molecule has 2 atom stereocenters. The molecule has 0 radical (unpaired) electrons. The summed E-state index contributed by atoms with van der Waals surface area (Å²) >= 11 is 0. The number of hydrogen-bond donors (Lipinski definition) is 6. The Balaban J connectivity index is 1.81. The highest BCUT2D eigenvalue weighted by Gasteiger charge is 2.12. The average Bonchev–Trinajstić information content (AvgIpc) is 3.33. The van der Waals surface area contributed by atoms with Crippen LogP contribution >= 0.6 is 0 Å². The summed E-state index contributed by atoms with van der Waals surface area (Å²) < 4.78 is 1.85. The summed E-state index contributed by atoms with van der Waals surface area (Å²) in [5.74, 6) is 1.40. The van der Waals surface area contributed by atoms with Gasteiger partial charge in [-0.05, 0) is 119 Å². The minimum atomic E-state index is 0.122. The summed E-state index contributed by atoms with van der Waals surface area (Å²) in [6.07, 6.45) is 9.94. The third-order valence-corrected chi connectivity index (χ3v) is 6.99. The molecule has 8 N–H and O–H groups in total. The van der Waals surface area contributed by atoms with Gasteiger partial charge in [-0.15, -0.1) is 0 Å². The summed E-state index contributed by atoms with van der Waals surface area (Å²) in [4.78, 5) is 0. The second-order valence-corrected chi connectivity index (χ2v) is 12.3. The van der Waals surface area contributed by atoms with Crippen LogP contribution < -0.4 is 32.7 Å². The van der Waals surface area contributed by atoms with Crippen LogP contribution in [-0.4, -0.2) is 74.2 Å². The van der Waals surface area contributed by atoms with E-state index in [1.54, 1.807) is 0 Å². The maximum atomic E-state index is 6.58. The highest BCUT2D eigenvalue weighted by atomic mass is 15.2. The first-order chi connectivity index (χ1) is 19.2. The molecule has 0 amide bonds. The van der Waals surface area contributed by atoms with E-state index in [9.17, 15) is 0 Å². The highest BCUT2D eigenvalue weighted by Crippen LogP contribution is 2.24. The van der Waals surface area contributed by atoms with Crippen molar-refractivity contribution in [3.8, 4) is 11.1 Å². The number of nitrogens with zero attached hydrogens (tertiary/aromatic N) is 2. The smallest absolute Gasteiger partial charge is 0.0568 e. The van der Waals surface area contributed by atoms with Gasteiger partial charge in [0.1, 0.15) is 0 Å². The average molecular weight is 557 g/mol. The van der Waals surface area contributed by atoms with E-state index >= 15 is 0 Å². The Labute approximate surface area is 244 Å². The molecule has 1 aromatic carbocycles. The van der Waals surface area contributed by atoms with Crippen LogP contribution in [0.15, 0.2) is 30.6 Å². The molecule has 0 fully saturated rings. The molecule has 1 aromatic heterocycles. The lowest BCUT2D eigenvalue weighted by molar-refractivity contribution is 0.515. The zero-order valence-electron chi connectivity index (χ0n) is 26.1. The van der Waals surface area contributed by atoms with E-state index in [4.69, 9.17) is 11.5 Å². The van der Waals surface area contributed by atoms with Gasteiger partial charge < -0.3 is 32.7 Å².